The Morgan fingerprint density at radius 3 is 2.53 bits per heavy atom. The van der Waals surface area contributed by atoms with E-state index in [0.717, 1.165) is 4.68 Å². The number of urea groups is 1. The SMILES string of the molecule is CNCCNC(=O)Nc1ccc(-c2nc(N3CCOCC3)c3nnn(CC(F)(F)F)c3n2)cc1. The van der Waals surface area contributed by atoms with Gasteiger partial charge in [0.25, 0.3) is 0 Å². The van der Waals surface area contributed by atoms with Crippen molar-refractivity contribution in [2.75, 3.05) is 56.7 Å². The second-order valence-corrected chi connectivity index (χ2v) is 7.57. The van der Waals surface area contributed by atoms with Gasteiger partial charge in [0.05, 0.1) is 13.2 Å². The van der Waals surface area contributed by atoms with Crippen LogP contribution >= 0.6 is 0 Å². The van der Waals surface area contributed by atoms with Crippen molar-refractivity contribution in [3.05, 3.63) is 24.3 Å². The maximum Gasteiger partial charge on any atom is 0.408 e. The molecule has 3 N–H and O–H groups in total. The molecule has 3 heterocycles. The number of benzene rings is 1. The van der Waals surface area contributed by atoms with Crippen LogP contribution in [0.5, 0.6) is 0 Å². The van der Waals surface area contributed by atoms with Crippen LogP contribution in [-0.2, 0) is 11.3 Å². The van der Waals surface area contributed by atoms with Gasteiger partial charge < -0.3 is 25.6 Å². The van der Waals surface area contributed by atoms with Crippen LogP contribution in [0.15, 0.2) is 24.3 Å². The molecule has 4 rings (SSSR count). The number of carbonyl (C=O) groups excluding carboxylic acids is 1. The van der Waals surface area contributed by atoms with Crippen LogP contribution in [-0.4, -0.2) is 83.6 Å². The van der Waals surface area contributed by atoms with E-state index in [2.05, 4.69) is 36.2 Å². The number of anilines is 2. The van der Waals surface area contributed by atoms with Crippen molar-refractivity contribution in [3.8, 4) is 11.4 Å². The monoisotopic (exact) mass is 479 g/mol. The van der Waals surface area contributed by atoms with Crippen molar-refractivity contribution < 1.29 is 22.7 Å². The number of hydrogen-bond acceptors (Lipinski definition) is 8. The van der Waals surface area contributed by atoms with E-state index in [0.29, 0.717) is 56.5 Å². The second-order valence-electron chi connectivity index (χ2n) is 7.57. The van der Waals surface area contributed by atoms with E-state index in [4.69, 9.17) is 4.74 Å². The summed E-state index contributed by atoms with van der Waals surface area (Å²) in [5.41, 5.74) is 1.31. The van der Waals surface area contributed by atoms with Crippen LogP contribution in [0.2, 0.25) is 0 Å². The van der Waals surface area contributed by atoms with Gasteiger partial charge in [-0.1, -0.05) is 5.21 Å². The van der Waals surface area contributed by atoms with Gasteiger partial charge in [-0.3, -0.25) is 0 Å². The first-order valence-electron chi connectivity index (χ1n) is 10.6. The molecule has 0 aliphatic carbocycles. The Morgan fingerprint density at radius 2 is 1.85 bits per heavy atom. The van der Waals surface area contributed by atoms with Gasteiger partial charge in [0.1, 0.15) is 6.54 Å². The molecular formula is C20H24F3N9O2. The zero-order valence-corrected chi connectivity index (χ0v) is 18.4. The van der Waals surface area contributed by atoms with E-state index in [1.54, 1.807) is 31.3 Å². The van der Waals surface area contributed by atoms with Crippen LogP contribution in [0.25, 0.3) is 22.6 Å². The first kappa shape index (κ1) is 23.6. The van der Waals surface area contributed by atoms with Crippen LogP contribution in [0.1, 0.15) is 0 Å². The molecule has 1 fully saturated rings. The second kappa shape index (κ2) is 10.2. The number of ether oxygens (including phenoxy) is 1. The number of carbonyl (C=O) groups is 1. The molecule has 182 valence electrons. The Bertz CT molecular complexity index is 1130. The Hall–Kier alpha value is -3.52. The lowest BCUT2D eigenvalue weighted by Gasteiger charge is -2.28. The summed E-state index contributed by atoms with van der Waals surface area (Å²) in [7, 11) is 1.79. The van der Waals surface area contributed by atoms with Crippen molar-refractivity contribution in [2.24, 2.45) is 0 Å². The van der Waals surface area contributed by atoms with E-state index >= 15 is 0 Å². The van der Waals surface area contributed by atoms with Crippen LogP contribution in [0, 0.1) is 0 Å². The number of nitrogens with zero attached hydrogens (tertiary/aromatic N) is 6. The molecule has 0 bridgehead atoms. The third kappa shape index (κ3) is 5.69. The third-order valence-electron chi connectivity index (χ3n) is 5.05. The Labute approximate surface area is 192 Å². The first-order chi connectivity index (χ1) is 16.3. The number of rotatable bonds is 7. The number of hydrogen-bond donors (Lipinski definition) is 3. The number of amides is 2. The lowest BCUT2D eigenvalue weighted by molar-refractivity contribution is -0.142. The standard InChI is InChI=1S/C20H24F3N9O2/c1-24-6-7-25-19(33)26-14-4-2-13(3-5-14)16-27-17(31-8-10-34-11-9-31)15-18(28-16)32(30-29-15)12-20(21,22)23/h2-5,24H,6-12H2,1H3,(H2,25,26,33). The maximum absolute atomic E-state index is 13.1. The Morgan fingerprint density at radius 1 is 1.12 bits per heavy atom. The number of fused-ring (bicyclic) bond motifs is 1. The molecule has 1 aliphatic heterocycles. The van der Waals surface area contributed by atoms with Crippen molar-refractivity contribution in [2.45, 2.75) is 12.7 Å². The van der Waals surface area contributed by atoms with Gasteiger partial charge in [0.2, 0.25) is 0 Å². The highest BCUT2D eigenvalue weighted by Gasteiger charge is 2.31. The topological polar surface area (TPSA) is 122 Å². The van der Waals surface area contributed by atoms with Crippen molar-refractivity contribution in [3.63, 3.8) is 0 Å². The normalized spacial score (nSPS) is 14.4. The largest absolute Gasteiger partial charge is 0.408 e. The molecule has 0 saturated carbocycles. The Balaban J connectivity index is 1.64. The van der Waals surface area contributed by atoms with Crippen molar-refractivity contribution in [1.29, 1.82) is 0 Å². The number of halogens is 3. The van der Waals surface area contributed by atoms with Gasteiger partial charge in [-0.2, -0.15) is 13.2 Å². The van der Waals surface area contributed by atoms with Gasteiger partial charge in [0.15, 0.2) is 22.8 Å². The van der Waals surface area contributed by atoms with E-state index < -0.39 is 12.7 Å². The highest BCUT2D eigenvalue weighted by molar-refractivity contribution is 5.89. The zero-order valence-electron chi connectivity index (χ0n) is 18.4. The molecule has 0 radical (unpaired) electrons. The molecule has 2 aromatic heterocycles. The van der Waals surface area contributed by atoms with Gasteiger partial charge in [-0.15, -0.1) is 5.10 Å². The number of morpholine rings is 1. The molecule has 1 saturated heterocycles. The lowest BCUT2D eigenvalue weighted by Crippen LogP contribution is -2.37. The fraction of sp³-hybridized carbons (Fsp3) is 0.450. The third-order valence-corrected chi connectivity index (χ3v) is 5.05. The molecular weight excluding hydrogens is 455 g/mol. The quantitative estimate of drug-likeness (QED) is 0.437. The average Bonchev–Trinajstić information content (AvgIpc) is 3.21. The van der Waals surface area contributed by atoms with E-state index in [-0.39, 0.29) is 23.0 Å². The van der Waals surface area contributed by atoms with Crippen LogP contribution in [0.4, 0.5) is 29.5 Å². The van der Waals surface area contributed by atoms with Gasteiger partial charge in [-0.25, -0.2) is 19.4 Å². The summed E-state index contributed by atoms with van der Waals surface area (Å²) in [4.78, 5) is 22.8. The summed E-state index contributed by atoms with van der Waals surface area (Å²) in [5.74, 6) is 0.632. The van der Waals surface area contributed by atoms with Crippen molar-refractivity contribution >= 4 is 28.7 Å². The van der Waals surface area contributed by atoms with Gasteiger partial charge >= 0.3 is 12.2 Å². The lowest BCUT2D eigenvalue weighted by atomic mass is 10.2. The van der Waals surface area contributed by atoms with Crippen LogP contribution in [0.3, 0.4) is 0 Å². The van der Waals surface area contributed by atoms with Crippen molar-refractivity contribution in [1.82, 2.24) is 35.6 Å². The summed E-state index contributed by atoms with van der Waals surface area (Å²) in [6.07, 6.45) is -4.48. The number of alkyl halides is 3. The predicted molar refractivity (Wildman–Crippen MR) is 119 cm³/mol. The highest BCUT2D eigenvalue weighted by Crippen LogP contribution is 2.28. The molecule has 0 atom stereocenters. The summed E-state index contributed by atoms with van der Waals surface area (Å²) in [6.45, 7) is 1.76. The summed E-state index contributed by atoms with van der Waals surface area (Å²) < 4.78 is 45.3. The molecule has 0 spiro atoms. The number of likely N-dealkylation sites (N-methyl/N-ethyl adjacent to an activating group) is 1. The number of aromatic nitrogens is 5. The molecule has 1 aromatic carbocycles. The summed E-state index contributed by atoms with van der Waals surface area (Å²) in [5, 5.41) is 16.0. The average molecular weight is 479 g/mol. The van der Waals surface area contributed by atoms with E-state index in [1.165, 1.54) is 0 Å². The van der Waals surface area contributed by atoms with Gasteiger partial charge in [-0.05, 0) is 31.3 Å². The molecule has 14 heteroatoms. The maximum atomic E-state index is 13.1. The molecule has 1 aliphatic rings. The Kier molecular flexibility index (Phi) is 7.07. The molecule has 3 aromatic rings. The minimum Gasteiger partial charge on any atom is -0.378 e. The molecule has 11 nitrogen and oxygen atoms in total. The summed E-state index contributed by atoms with van der Waals surface area (Å²) >= 11 is 0. The van der Waals surface area contributed by atoms with E-state index in [9.17, 15) is 18.0 Å². The minimum absolute atomic E-state index is 0.00469. The smallest absolute Gasteiger partial charge is 0.378 e. The highest BCUT2D eigenvalue weighted by atomic mass is 19.4. The predicted octanol–water partition coefficient (Wildman–Crippen LogP) is 1.63. The first-order valence-corrected chi connectivity index (χ1v) is 10.6. The summed E-state index contributed by atoms with van der Waals surface area (Å²) in [6, 6.07) is 6.36. The molecule has 34 heavy (non-hydrogen) atoms. The van der Waals surface area contributed by atoms with Crippen LogP contribution < -0.4 is 20.9 Å². The zero-order chi connectivity index (χ0) is 24.1. The fourth-order valence-electron chi connectivity index (χ4n) is 3.42. The molecule has 2 amide bonds. The van der Waals surface area contributed by atoms with Gasteiger partial charge in [0, 0.05) is 37.4 Å². The minimum atomic E-state index is -4.48. The van der Waals surface area contributed by atoms with E-state index in [1.807, 2.05) is 4.90 Å². The number of nitrogens with one attached hydrogen (secondary N) is 3. The fourth-order valence-corrected chi connectivity index (χ4v) is 3.42. The molecule has 0 unspecified atom stereocenters.